The zero-order chi connectivity index (χ0) is 19.7. The van der Waals surface area contributed by atoms with Crippen LogP contribution in [0.25, 0.3) is 6.08 Å². The average Bonchev–Trinajstić information content (AvgIpc) is 3.18. The summed E-state index contributed by atoms with van der Waals surface area (Å²) in [5.41, 5.74) is 0.599. The van der Waals surface area contributed by atoms with Gasteiger partial charge in [-0.3, -0.25) is 4.79 Å². The predicted octanol–water partition coefficient (Wildman–Crippen LogP) is 1.65. The largest absolute Gasteiger partial charge is 0.468 e. The van der Waals surface area contributed by atoms with Crippen molar-refractivity contribution in [2.24, 2.45) is 0 Å². The molecule has 27 heavy (non-hydrogen) atoms. The number of nitrogens with one attached hydrogen (secondary N) is 1. The van der Waals surface area contributed by atoms with Crippen LogP contribution in [0.15, 0.2) is 58.1 Å². The predicted molar refractivity (Wildman–Crippen MR) is 96.0 cm³/mol. The number of sulfonamides is 1. The Balaban J connectivity index is 2.02. The van der Waals surface area contributed by atoms with Crippen LogP contribution in [0.5, 0.6) is 0 Å². The summed E-state index contributed by atoms with van der Waals surface area (Å²) in [6, 6.07) is 12.9. The number of nitriles is 2. The molecule has 1 amide bonds. The van der Waals surface area contributed by atoms with Gasteiger partial charge < -0.3 is 9.32 Å². The van der Waals surface area contributed by atoms with Crippen LogP contribution < -0.4 is 4.72 Å². The van der Waals surface area contributed by atoms with Crippen molar-refractivity contribution in [2.75, 3.05) is 13.1 Å². The van der Waals surface area contributed by atoms with E-state index in [0.29, 0.717) is 11.3 Å². The highest BCUT2D eigenvalue weighted by Gasteiger charge is 2.14. The number of rotatable bonds is 8. The van der Waals surface area contributed by atoms with E-state index in [1.54, 1.807) is 24.3 Å². The second-order valence-electron chi connectivity index (χ2n) is 5.32. The summed E-state index contributed by atoms with van der Waals surface area (Å²) >= 11 is 0. The Morgan fingerprint density at radius 3 is 2.37 bits per heavy atom. The molecule has 0 aliphatic heterocycles. The van der Waals surface area contributed by atoms with Gasteiger partial charge in [0.1, 0.15) is 18.8 Å². The van der Waals surface area contributed by atoms with Gasteiger partial charge in [-0.2, -0.15) is 10.5 Å². The van der Waals surface area contributed by atoms with Crippen molar-refractivity contribution in [1.29, 1.82) is 10.5 Å². The van der Waals surface area contributed by atoms with E-state index in [-0.39, 0.29) is 24.5 Å². The molecule has 1 N–H and O–H groups in total. The highest BCUT2D eigenvalue weighted by Crippen LogP contribution is 2.13. The normalized spacial score (nSPS) is 11.0. The van der Waals surface area contributed by atoms with Crippen LogP contribution >= 0.6 is 0 Å². The van der Waals surface area contributed by atoms with Gasteiger partial charge in [0.25, 0.3) is 0 Å². The molecule has 0 fully saturated rings. The van der Waals surface area contributed by atoms with Gasteiger partial charge >= 0.3 is 0 Å². The topological polar surface area (TPSA) is 127 Å². The van der Waals surface area contributed by atoms with Crippen molar-refractivity contribution < 1.29 is 17.6 Å². The van der Waals surface area contributed by atoms with Crippen molar-refractivity contribution in [2.45, 2.75) is 11.4 Å². The zero-order valence-electron chi connectivity index (χ0n) is 14.2. The fourth-order valence-corrected chi connectivity index (χ4v) is 3.07. The standard InChI is InChI=1S/C18H16N4O4S/c19-9-11-22(12-10-20)18(23)8-5-15-3-6-17(7-4-15)27(24,25)21-14-16-2-1-13-26-16/h1-8,13,21H,11-12,14H2. The number of nitrogens with zero attached hydrogens (tertiary/aromatic N) is 3. The van der Waals surface area contributed by atoms with E-state index in [1.807, 2.05) is 12.1 Å². The first-order chi connectivity index (χ1) is 13.0. The summed E-state index contributed by atoms with van der Waals surface area (Å²) in [5.74, 6) is 0.0193. The molecule has 1 aromatic carbocycles. The Hall–Kier alpha value is -3.40. The maximum atomic E-state index is 12.2. The lowest BCUT2D eigenvalue weighted by atomic mass is 10.2. The maximum Gasteiger partial charge on any atom is 0.248 e. The van der Waals surface area contributed by atoms with Crippen LogP contribution in [0.4, 0.5) is 0 Å². The lowest BCUT2D eigenvalue weighted by molar-refractivity contribution is -0.124. The molecule has 0 aliphatic rings. The van der Waals surface area contributed by atoms with Crippen molar-refractivity contribution in [3.8, 4) is 12.1 Å². The highest BCUT2D eigenvalue weighted by molar-refractivity contribution is 7.89. The van der Waals surface area contributed by atoms with Gasteiger partial charge in [-0.25, -0.2) is 13.1 Å². The Morgan fingerprint density at radius 1 is 1.15 bits per heavy atom. The molecule has 0 spiro atoms. The van der Waals surface area contributed by atoms with Gasteiger partial charge in [0.2, 0.25) is 15.9 Å². The van der Waals surface area contributed by atoms with Crippen molar-refractivity contribution in [3.05, 3.63) is 60.1 Å². The lowest BCUT2D eigenvalue weighted by Crippen LogP contribution is -2.30. The molecule has 0 bridgehead atoms. The van der Waals surface area contributed by atoms with Gasteiger partial charge in [-0.1, -0.05) is 12.1 Å². The third-order valence-electron chi connectivity index (χ3n) is 3.46. The second kappa shape index (κ2) is 9.34. The van der Waals surface area contributed by atoms with Crippen molar-refractivity contribution in [1.82, 2.24) is 9.62 Å². The Morgan fingerprint density at radius 2 is 1.81 bits per heavy atom. The fraction of sp³-hybridized carbons (Fsp3) is 0.167. The summed E-state index contributed by atoms with van der Waals surface area (Å²) in [4.78, 5) is 13.1. The van der Waals surface area contributed by atoms with Gasteiger partial charge in [0, 0.05) is 6.08 Å². The summed E-state index contributed by atoms with van der Waals surface area (Å²) in [5, 5.41) is 17.3. The molecular formula is C18H16N4O4S. The van der Waals surface area contributed by atoms with Crippen LogP contribution in [-0.4, -0.2) is 32.3 Å². The van der Waals surface area contributed by atoms with E-state index in [9.17, 15) is 13.2 Å². The lowest BCUT2D eigenvalue weighted by Gasteiger charge is -2.12. The molecule has 8 nitrogen and oxygen atoms in total. The first-order valence-electron chi connectivity index (χ1n) is 7.79. The number of benzene rings is 1. The summed E-state index contributed by atoms with van der Waals surface area (Å²) in [7, 11) is -3.69. The first kappa shape index (κ1) is 19.9. The summed E-state index contributed by atoms with van der Waals surface area (Å²) in [6.07, 6.45) is 4.17. The van der Waals surface area contributed by atoms with Crippen LogP contribution in [-0.2, 0) is 21.4 Å². The number of furan rings is 1. The monoisotopic (exact) mass is 384 g/mol. The zero-order valence-corrected chi connectivity index (χ0v) is 15.0. The van der Waals surface area contributed by atoms with Gasteiger partial charge in [0.15, 0.2) is 0 Å². The maximum absolute atomic E-state index is 12.2. The van der Waals surface area contributed by atoms with Gasteiger partial charge in [-0.15, -0.1) is 0 Å². The van der Waals surface area contributed by atoms with E-state index >= 15 is 0 Å². The molecule has 1 aromatic heterocycles. The van der Waals surface area contributed by atoms with E-state index < -0.39 is 15.9 Å². The molecule has 0 atom stereocenters. The van der Waals surface area contributed by atoms with Crippen molar-refractivity contribution in [3.63, 3.8) is 0 Å². The van der Waals surface area contributed by atoms with E-state index in [0.717, 1.165) is 4.90 Å². The first-order valence-corrected chi connectivity index (χ1v) is 9.27. The molecule has 1 heterocycles. The average molecular weight is 384 g/mol. The van der Waals surface area contributed by atoms with Crippen LogP contribution in [0.1, 0.15) is 11.3 Å². The van der Waals surface area contributed by atoms with Crippen LogP contribution in [0.2, 0.25) is 0 Å². The minimum atomic E-state index is -3.69. The second-order valence-corrected chi connectivity index (χ2v) is 7.08. The SMILES string of the molecule is N#CCN(CC#N)C(=O)C=Cc1ccc(S(=O)(=O)NCc2ccco2)cc1. The van der Waals surface area contributed by atoms with Crippen molar-refractivity contribution >= 4 is 22.0 Å². The summed E-state index contributed by atoms with van der Waals surface area (Å²) in [6.45, 7) is -0.330. The number of amides is 1. The third kappa shape index (κ3) is 5.82. The molecule has 0 unspecified atom stereocenters. The highest BCUT2D eigenvalue weighted by atomic mass is 32.2. The molecule has 9 heteroatoms. The number of hydrogen-bond acceptors (Lipinski definition) is 6. The molecule has 138 valence electrons. The summed E-state index contributed by atoms with van der Waals surface area (Å²) < 4.78 is 32.0. The molecular weight excluding hydrogens is 368 g/mol. The molecule has 2 rings (SSSR count). The van der Waals surface area contributed by atoms with E-state index in [2.05, 4.69) is 4.72 Å². The minimum Gasteiger partial charge on any atom is -0.468 e. The van der Waals surface area contributed by atoms with Crippen LogP contribution in [0.3, 0.4) is 0 Å². The fourth-order valence-electron chi connectivity index (χ4n) is 2.08. The van der Waals surface area contributed by atoms with E-state index in [4.69, 9.17) is 14.9 Å². The molecule has 0 saturated heterocycles. The van der Waals surface area contributed by atoms with Gasteiger partial charge in [-0.05, 0) is 35.9 Å². The Labute approximate surface area is 157 Å². The smallest absolute Gasteiger partial charge is 0.248 e. The quantitative estimate of drug-likeness (QED) is 0.544. The van der Waals surface area contributed by atoms with E-state index in [1.165, 1.54) is 30.5 Å². The minimum absolute atomic E-state index is 0.0408. The Bertz CT molecular complexity index is 965. The number of hydrogen-bond donors (Lipinski definition) is 1. The Kier molecular flexibility index (Phi) is 6.89. The van der Waals surface area contributed by atoms with Crippen LogP contribution in [0, 0.1) is 22.7 Å². The molecule has 0 radical (unpaired) electrons. The number of carbonyl (C=O) groups is 1. The van der Waals surface area contributed by atoms with Gasteiger partial charge in [0.05, 0.1) is 29.8 Å². The third-order valence-corrected chi connectivity index (χ3v) is 4.88. The number of carbonyl (C=O) groups excluding carboxylic acids is 1. The molecule has 0 aliphatic carbocycles. The molecule has 0 saturated carbocycles. The molecule has 2 aromatic rings.